The van der Waals surface area contributed by atoms with Crippen LogP contribution in [0.3, 0.4) is 0 Å². The number of unbranched alkanes of at least 4 members (excludes halogenated alkanes) is 1. The molecule has 0 heteroatoms. The lowest BCUT2D eigenvalue weighted by Crippen LogP contribution is -2.00. The Morgan fingerprint density at radius 1 is 1.06 bits per heavy atom. The maximum Gasteiger partial charge on any atom is -0.0194 e. The van der Waals surface area contributed by atoms with Gasteiger partial charge in [0.25, 0.3) is 0 Å². The quantitative estimate of drug-likeness (QED) is 0.591. The molecule has 0 saturated carbocycles. The van der Waals surface area contributed by atoms with Gasteiger partial charge in [-0.3, -0.25) is 0 Å². The van der Waals surface area contributed by atoms with Crippen molar-refractivity contribution in [2.45, 2.75) is 45.4 Å². The lowest BCUT2D eigenvalue weighted by Gasteiger charge is -2.15. The Balaban J connectivity index is 1.66. The lowest BCUT2D eigenvalue weighted by molar-refractivity contribution is 0.563. The standard InChI is InChI=1S/C18H24/c1-16(18-14-6-3-7-15-18)10-8-9-13-17-11-4-2-5-12-17/h2,4-6,11-12,14-16H,3,7-10,13H2,1H3. The Bertz CT molecular complexity index is 397. The minimum atomic E-state index is 0.734. The van der Waals surface area contributed by atoms with Gasteiger partial charge in [0.1, 0.15) is 0 Å². The fraction of sp³-hybridized carbons (Fsp3) is 0.444. The number of allylic oxidation sites excluding steroid dienone is 4. The van der Waals surface area contributed by atoms with E-state index in [0.717, 1.165) is 5.92 Å². The van der Waals surface area contributed by atoms with E-state index < -0.39 is 0 Å². The molecule has 0 radical (unpaired) electrons. The topological polar surface area (TPSA) is 0 Å². The first kappa shape index (κ1) is 13.1. The van der Waals surface area contributed by atoms with Gasteiger partial charge in [0.15, 0.2) is 0 Å². The second kappa shape index (κ2) is 7.20. The molecule has 0 saturated heterocycles. The third-order valence-electron chi connectivity index (χ3n) is 3.79. The van der Waals surface area contributed by atoms with Crippen LogP contribution in [-0.2, 0) is 6.42 Å². The largest absolute Gasteiger partial charge is 0.0840 e. The van der Waals surface area contributed by atoms with Crippen LogP contribution >= 0.6 is 0 Å². The molecule has 0 N–H and O–H groups in total. The summed E-state index contributed by atoms with van der Waals surface area (Å²) < 4.78 is 0. The smallest absolute Gasteiger partial charge is 0.0194 e. The van der Waals surface area contributed by atoms with Crippen molar-refractivity contribution < 1.29 is 0 Å². The fourth-order valence-electron chi connectivity index (χ4n) is 2.59. The predicted octanol–water partition coefficient (Wildman–Crippen LogP) is 5.31. The first-order chi connectivity index (χ1) is 8.86. The van der Waals surface area contributed by atoms with E-state index in [-0.39, 0.29) is 0 Å². The van der Waals surface area contributed by atoms with Crippen molar-refractivity contribution in [2.24, 2.45) is 5.92 Å². The van der Waals surface area contributed by atoms with Crippen LogP contribution < -0.4 is 0 Å². The monoisotopic (exact) mass is 240 g/mol. The zero-order valence-electron chi connectivity index (χ0n) is 11.4. The molecule has 1 unspecified atom stereocenters. The molecule has 0 heterocycles. The molecule has 0 bridgehead atoms. The molecule has 0 fully saturated rings. The maximum atomic E-state index is 2.42. The Kier molecular flexibility index (Phi) is 5.26. The molecule has 1 atom stereocenters. The van der Waals surface area contributed by atoms with Gasteiger partial charge in [-0.1, -0.05) is 61.9 Å². The molecule has 0 aromatic heterocycles. The molecule has 1 aromatic rings. The van der Waals surface area contributed by atoms with E-state index in [1.54, 1.807) is 5.57 Å². The van der Waals surface area contributed by atoms with E-state index in [9.17, 15) is 0 Å². The van der Waals surface area contributed by atoms with E-state index in [4.69, 9.17) is 0 Å². The summed E-state index contributed by atoms with van der Waals surface area (Å²) in [6.45, 7) is 2.37. The third kappa shape index (κ3) is 4.18. The van der Waals surface area contributed by atoms with Gasteiger partial charge in [0.2, 0.25) is 0 Å². The van der Waals surface area contributed by atoms with E-state index in [1.165, 1.54) is 44.1 Å². The summed E-state index contributed by atoms with van der Waals surface area (Å²) in [6.07, 6.45) is 14.7. The van der Waals surface area contributed by atoms with Crippen molar-refractivity contribution in [1.29, 1.82) is 0 Å². The molecular weight excluding hydrogens is 216 g/mol. The molecule has 0 amide bonds. The van der Waals surface area contributed by atoms with E-state index in [2.05, 4.69) is 55.5 Å². The summed E-state index contributed by atoms with van der Waals surface area (Å²) in [5.41, 5.74) is 3.03. The van der Waals surface area contributed by atoms with E-state index in [0.29, 0.717) is 0 Å². The first-order valence-corrected chi connectivity index (χ1v) is 7.27. The first-order valence-electron chi connectivity index (χ1n) is 7.27. The van der Waals surface area contributed by atoms with Crippen molar-refractivity contribution in [3.05, 3.63) is 59.7 Å². The SMILES string of the molecule is CC(CCCCc1ccccc1)C1=CCCC=C1. The van der Waals surface area contributed by atoms with Crippen LogP contribution in [0.5, 0.6) is 0 Å². The van der Waals surface area contributed by atoms with Gasteiger partial charge in [-0.15, -0.1) is 0 Å². The molecular formula is C18H24. The Labute approximate surface area is 111 Å². The normalized spacial score (nSPS) is 16.4. The van der Waals surface area contributed by atoms with Gasteiger partial charge in [0, 0.05) is 0 Å². The Morgan fingerprint density at radius 3 is 2.61 bits per heavy atom. The zero-order valence-corrected chi connectivity index (χ0v) is 11.4. The summed E-state index contributed by atoms with van der Waals surface area (Å²) in [6, 6.07) is 10.8. The van der Waals surface area contributed by atoms with Gasteiger partial charge < -0.3 is 0 Å². The van der Waals surface area contributed by atoms with Crippen molar-refractivity contribution >= 4 is 0 Å². The highest BCUT2D eigenvalue weighted by Crippen LogP contribution is 2.23. The van der Waals surface area contributed by atoms with Crippen LogP contribution in [0.25, 0.3) is 0 Å². The van der Waals surface area contributed by atoms with Crippen molar-refractivity contribution in [3.8, 4) is 0 Å². The summed E-state index contributed by atoms with van der Waals surface area (Å²) in [5.74, 6) is 0.734. The molecule has 1 aromatic carbocycles. The maximum absolute atomic E-state index is 2.42. The number of hydrogen-bond donors (Lipinski definition) is 0. The third-order valence-corrected chi connectivity index (χ3v) is 3.79. The second-order valence-electron chi connectivity index (χ2n) is 5.32. The zero-order chi connectivity index (χ0) is 12.6. The Hall–Kier alpha value is -1.30. The van der Waals surface area contributed by atoms with Crippen molar-refractivity contribution in [2.75, 3.05) is 0 Å². The number of rotatable bonds is 6. The van der Waals surface area contributed by atoms with Crippen LogP contribution in [0.4, 0.5) is 0 Å². The van der Waals surface area contributed by atoms with E-state index in [1.807, 2.05) is 0 Å². The number of hydrogen-bond acceptors (Lipinski definition) is 0. The predicted molar refractivity (Wildman–Crippen MR) is 79.6 cm³/mol. The molecule has 96 valence electrons. The van der Waals surface area contributed by atoms with Crippen molar-refractivity contribution in [1.82, 2.24) is 0 Å². The fourth-order valence-corrected chi connectivity index (χ4v) is 2.59. The number of benzene rings is 1. The Morgan fingerprint density at radius 2 is 1.89 bits per heavy atom. The molecule has 0 aliphatic heterocycles. The van der Waals surface area contributed by atoms with Crippen LogP contribution in [0, 0.1) is 5.92 Å². The van der Waals surface area contributed by atoms with Gasteiger partial charge in [-0.05, 0) is 49.2 Å². The molecule has 2 rings (SSSR count). The van der Waals surface area contributed by atoms with Crippen LogP contribution in [0.1, 0.15) is 44.6 Å². The highest BCUT2D eigenvalue weighted by atomic mass is 14.1. The summed E-state index contributed by atoms with van der Waals surface area (Å²) in [4.78, 5) is 0. The second-order valence-corrected chi connectivity index (χ2v) is 5.32. The lowest BCUT2D eigenvalue weighted by atomic mass is 9.91. The van der Waals surface area contributed by atoms with Crippen molar-refractivity contribution in [3.63, 3.8) is 0 Å². The molecule has 0 spiro atoms. The van der Waals surface area contributed by atoms with Crippen LogP contribution in [-0.4, -0.2) is 0 Å². The average Bonchev–Trinajstić information content (AvgIpc) is 2.45. The molecule has 0 nitrogen and oxygen atoms in total. The van der Waals surface area contributed by atoms with Gasteiger partial charge >= 0.3 is 0 Å². The minimum absolute atomic E-state index is 0.734. The van der Waals surface area contributed by atoms with Crippen LogP contribution in [0.15, 0.2) is 54.1 Å². The molecule has 1 aliphatic carbocycles. The summed E-state index contributed by atoms with van der Waals surface area (Å²) >= 11 is 0. The highest BCUT2D eigenvalue weighted by Gasteiger charge is 2.07. The average molecular weight is 240 g/mol. The van der Waals surface area contributed by atoms with E-state index >= 15 is 0 Å². The highest BCUT2D eigenvalue weighted by molar-refractivity contribution is 5.24. The number of aryl methyl sites for hydroxylation is 1. The minimum Gasteiger partial charge on any atom is -0.0840 e. The van der Waals surface area contributed by atoms with Gasteiger partial charge in [-0.2, -0.15) is 0 Å². The molecule has 1 aliphatic rings. The summed E-state index contributed by atoms with van der Waals surface area (Å²) in [7, 11) is 0. The molecule has 18 heavy (non-hydrogen) atoms. The summed E-state index contributed by atoms with van der Waals surface area (Å²) in [5, 5.41) is 0. The van der Waals surface area contributed by atoms with Crippen LogP contribution in [0.2, 0.25) is 0 Å². The van der Waals surface area contributed by atoms with Gasteiger partial charge in [-0.25, -0.2) is 0 Å². The van der Waals surface area contributed by atoms with Gasteiger partial charge in [0.05, 0.1) is 0 Å².